The SMILES string of the molecule is CNC(=O)c1c(Nc2nc(Nc3ccc(CP=O)cc3OC)ncc2C(F)(F)F)ccc(-c2cnn(CCCO)c2)c1F. The highest BCUT2D eigenvalue weighted by Gasteiger charge is 2.36. The zero-order chi connectivity index (χ0) is 31.1. The number of nitrogens with one attached hydrogen (secondary N) is 3. The second kappa shape index (κ2) is 13.6. The van der Waals surface area contributed by atoms with Crippen LogP contribution in [0.4, 0.5) is 40.7 Å². The van der Waals surface area contributed by atoms with Gasteiger partial charge in [-0.15, -0.1) is 0 Å². The monoisotopic (exact) mass is 619 g/mol. The number of rotatable bonds is 12. The predicted molar refractivity (Wildman–Crippen MR) is 151 cm³/mol. The lowest BCUT2D eigenvalue weighted by Crippen LogP contribution is -2.22. The van der Waals surface area contributed by atoms with Crippen LogP contribution in [0.1, 0.15) is 27.9 Å². The molecule has 0 radical (unpaired) electrons. The van der Waals surface area contributed by atoms with Crippen LogP contribution in [0.5, 0.6) is 5.75 Å². The third-order valence-electron chi connectivity index (χ3n) is 6.19. The van der Waals surface area contributed by atoms with Crippen LogP contribution >= 0.6 is 8.46 Å². The summed E-state index contributed by atoms with van der Waals surface area (Å²) >= 11 is 0. The van der Waals surface area contributed by atoms with Gasteiger partial charge in [-0.1, -0.05) is 6.07 Å². The van der Waals surface area contributed by atoms with E-state index in [0.29, 0.717) is 41.7 Å². The summed E-state index contributed by atoms with van der Waals surface area (Å²) in [6.45, 7) is 0.313. The number of amides is 1. The smallest absolute Gasteiger partial charge is 0.421 e. The lowest BCUT2D eigenvalue weighted by atomic mass is 10.0. The van der Waals surface area contributed by atoms with Crippen molar-refractivity contribution in [2.24, 2.45) is 0 Å². The number of alkyl halides is 3. The van der Waals surface area contributed by atoms with Gasteiger partial charge in [-0.3, -0.25) is 14.0 Å². The number of benzene rings is 2. The number of aliphatic hydroxyl groups is 1. The second-order valence-electron chi connectivity index (χ2n) is 9.02. The molecule has 2 heterocycles. The number of aliphatic hydroxyl groups excluding tert-OH is 1. The Labute approximate surface area is 244 Å². The Morgan fingerprint density at radius 2 is 1.91 bits per heavy atom. The molecule has 2 aromatic heterocycles. The molecule has 226 valence electrons. The maximum Gasteiger partial charge on any atom is 0.421 e. The lowest BCUT2D eigenvalue weighted by Gasteiger charge is -2.18. The van der Waals surface area contributed by atoms with Crippen LogP contribution in [0.15, 0.2) is 48.9 Å². The molecule has 0 atom stereocenters. The molecule has 0 unspecified atom stereocenters. The van der Waals surface area contributed by atoms with Gasteiger partial charge in [0.2, 0.25) is 5.95 Å². The van der Waals surface area contributed by atoms with Crippen molar-refractivity contribution in [2.75, 3.05) is 31.4 Å². The van der Waals surface area contributed by atoms with Gasteiger partial charge in [-0.2, -0.15) is 23.3 Å². The fourth-order valence-electron chi connectivity index (χ4n) is 4.11. The van der Waals surface area contributed by atoms with Crippen LogP contribution in [0, 0.1) is 5.82 Å². The van der Waals surface area contributed by atoms with Crippen LogP contribution in [-0.4, -0.2) is 51.5 Å². The van der Waals surface area contributed by atoms with Crippen molar-refractivity contribution in [1.82, 2.24) is 25.1 Å². The van der Waals surface area contributed by atoms with Gasteiger partial charge in [0.15, 0.2) is 8.46 Å². The van der Waals surface area contributed by atoms with E-state index in [0.717, 1.165) is 0 Å². The average molecular weight is 620 g/mol. The highest BCUT2D eigenvalue weighted by Crippen LogP contribution is 2.38. The first kappa shape index (κ1) is 31.3. The molecule has 11 nitrogen and oxygen atoms in total. The van der Waals surface area contributed by atoms with E-state index in [1.165, 1.54) is 43.4 Å². The van der Waals surface area contributed by atoms with Gasteiger partial charge in [0.05, 0.1) is 36.4 Å². The summed E-state index contributed by atoms with van der Waals surface area (Å²) in [5.74, 6) is -2.57. The number of methoxy groups -OCH3 is 1. The molecular formula is C27H26F4N7O4P. The minimum atomic E-state index is -4.90. The molecule has 43 heavy (non-hydrogen) atoms. The molecule has 0 spiro atoms. The molecular weight excluding hydrogens is 593 g/mol. The highest BCUT2D eigenvalue weighted by atomic mass is 31.1. The molecule has 4 N–H and O–H groups in total. The summed E-state index contributed by atoms with van der Waals surface area (Å²) in [5, 5.41) is 20.7. The number of halogens is 4. The summed E-state index contributed by atoms with van der Waals surface area (Å²) in [7, 11) is 2.55. The van der Waals surface area contributed by atoms with Crippen LogP contribution in [0.25, 0.3) is 11.1 Å². The average Bonchev–Trinajstić information content (AvgIpc) is 3.45. The number of ether oxygens (including phenoxy) is 1. The molecule has 4 rings (SSSR count). The molecule has 0 saturated heterocycles. The van der Waals surface area contributed by atoms with Crippen LogP contribution in [-0.2, 0) is 23.4 Å². The van der Waals surface area contributed by atoms with E-state index < -0.39 is 34.8 Å². The minimum Gasteiger partial charge on any atom is -0.495 e. The minimum absolute atomic E-state index is 0.00697. The molecule has 0 aliphatic rings. The maximum atomic E-state index is 15.8. The fourth-order valence-corrected chi connectivity index (χ4v) is 4.46. The zero-order valence-electron chi connectivity index (χ0n) is 22.9. The topological polar surface area (TPSA) is 143 Å². The number of carbonyl (C=O) groups excluding carboxylic acids is 1. The first-order chi connectivity index (χ1) is 20.6. The summed E-state index contributed by atoms with van der Waals surface area (Å²) in [4.78, 5) is 20.5. The third kappa shape index (κ3) is 7.24. The number of aryl methyl sites for hydroxylation is 1. The number of hydrogen-bond donors (Lipinski definition) is 4. The van der Waals surface area contributed by atoms with Crippen molar-refractivity contribution in [1.29, 1.82) is 0 Å². The van der Waals surface area contributed by atoms with Gasteiger partial charge < -0.3 is 25.8 Å². The van der Waals surface area contributed by atoms with Crippen molar-refractivity contribution in [2.45, 2.75) is 25.3 Å². The van der Waals surface area contributed by atoms with Gasteiger partial charge in [-0.05, 0) is 36.2 Å². The Kier molecular flexibility index (Phi) is 9.88. The van der Waals surface area contributed by atoms with Gasteiger partial charge >= 0.3 is 6.18 Å². The number of anilines is 4. The molecule has 0 aliphatic carbocycles. The van der Waals surface area contributed by atoms with Crippen molar-refractivity contribution in [3.63, 3.8) is 0 Å². The molecule has 1 amide bonds. The predicted octanol–water partition coefficient (Wildman–Crippen LogP) is 5.53. The van der Waals surface area contributed by atoms with E-state index in [1.807, 2.05) is 0 Å². The van der Waals surface area contributed by atoms with E-state index in [1.54, 1.807) is 18.2 Å². The third-order valence-corrected chi connectivity index (χ3v) is 6.69. The molecule has 16 heteroatoms. The lowest BCUT2D eigenvalue weighted by molar-refractivity contribution is -0.137. The van der Waals surface area contributed by atoms with Crippen molar-refractivity contribution in [3.05, 3.63) is 71.4 Å². The van der Waals surface area contributed by atoms with E-state index >= 15 is 4.39 Å². The van der Waals surface area contributed by atoms with E-state index in [2.05, 4.69) is 31.0 Å². The normalized spacial score (nSPS) is 11.4. The van der Waals surface area contributed by atoms with Crippen LogP contribution < -0.4 is 20.7 Å². The van der Waals surface area contributed by atoms with Gasteiger partial charge in [0, 0.05) is 43.7 Å². The Morgan fingerprint density at radius 1 is 1.14 bits per heavy atom. The summed E-state index contributed by atoms with van der Waals surface area (Å²) in [6.07, 6.45) is -0.780. The Hall–Kier alpha value is -4.62. The largest absolute Gasteiger partial charge is 0.495 e. The Balaban J connectivity index is 1.74. The second-order valence-corrected chi connectivity index (χ2v) is 9.60. The standard InChI is InChI=1S/C27H26F4N7O4P/c1-32-25(40)22-20(7-5-17(23(22)28)16-11-34-38(13-16)8-3-9-39)35-24-18(27(29,30)31)12-33-26(37-24)36-19-6-4-15(14-43-41)10-21(19)42-2/h4-7,10-13,39H,3,8-9,14H2,1-2H3,(H,32,40)(H2,33,35,36,37). The van der Waals surface area contributed by atoms with Gasteiger partial charge in [0.1, 0.15) is 22.9 Å². The zero-order valence-corrected chi connectivity index (χ0v) is 23.8. The number of carbonyl (C=O) groups is 1. The number of hydrogen-bond acceptors (Lipinski definition) is 9. The Morgan fingerprint density at radius 3 is 2.58 bits per heavy atom. The van der Waals surface area contributed by atoms with Gasteiger partial charge in [-0.25, -0.2) is 9.37 Å². The Bertz CT molecular complexity index is 1630. The molecule has 0 aliphatic heterocycles. The highest BCUT2D eigenvalue weighted by molar-refractivity contribution is 7.22. The summed E-state index contributed by atoms with van der Waals surface area (Å²) < 4.78 is 75.5. The van der Waals surface area contributed by atoms with Gasteiger partial charge in [0.25, 0.3) is 5.91 Å². The molecule has 0 bridgehead atoms. The van der Waals surface area contributed by atoms with Crippen LogP contribution in [0.2, 0.25) is 0 Å². The number of aromatic nitrogens is 4. The summed E-state index contributed by atoms with van der Waals surface area (Å²) in [5.41, 5.74) is -0.743. The van der Waals surface area contributed by atoms with E-state index in [4.69, 9.17) is 9.84 Å². The van der Waals surface area contributed by atoms with E-state index in [-0.39, 0.29) is 38.4 Å². The van der Waals surface area contributed by atoms with E-state index in [9.17, 15) is 22.5 Å². The first-order valence-electron chi connectivity index (χ1n) is 12.7. The van der Waals surface area contributed by atoms with Crippen molar-refractivity contribution in [3.8, 4) is 16.9 Å². The fraction of sp³-hybridized carbons (Fsp3) is 0.259. The molecule has 0 fully saturated rings. The molecule has 4 aromatic rings. The number of nitrogens with zero attached hydrogens (tertiary/aromatic N) is 4. The van der Waals surface area contributed by atoms with Crippen molar-refractivity contribution >= 4 is 37.5 Å². The quantitative estimate of drug-likeness (QED) is 0.119. The maximum absolute atomic E-state index is 15.8. The summed E-state index contributed by atoms with van der Waals surface area (Å²) in [6, 6.07) is 7.39. The molecule has 0 saturated carbocycles. The molecule has 2 aromatic carbocycles. The first-order valence-corrected chi connectivity index (χ1v) is 13.7. The van der Waals surface area contributed by atoms with Crippen LogP contribution in [0.3, 0.4) is 0 Å². The van der Waals surface area contributed by atoms with Crippen molar-refractivity contribution < 1.29 is 36.8 Å².